The molecule has 3 rings (SSSR count). The van der Waals surface area contributed by atoms with Gasteiger partial charge in [0.25, 0.3) is 0 Å². The number of hydrogen-bond acceptors (Lipinski definition) is 3. The molecular formula is C14H26ClN3O. The highest BCUT2D eigenvalue weighted by Gasteiger charge is 2.37. The molecule has 3 heterocycles. The van der Waals surface area contributed by atoms with Crippen LogP contribution in [0.1, 0.15) is 32.1 Å². The summed E-state index contributed by atoms with van der Waals surface area (Å²) in [6.07, 6.45) is 5.94. The van der Waals surface area contributed by atoms with Crippen molar-refractivity contribution in [2.75, 3.05) is 33.2 Å². The Labute approximate surface area is 122 Å². The highest BCUT2D eigenvalue weighted by atomic mass is 35.5. The van der Waals surface area contributed by atoms with Crippen molar-refractivity contribution in [3.8, 4) is 0 Å². The van der Waals surface area contributed by atoms with Gasteiger partial charge >= 0.3 is 0 Å². The summed E-state index contributed by atoms with van der Waals surface area (Å²) < 4.78 is 0. The van der Waals surface area contributed by atoms with Crippen molar-refractivity contribution >= 4 is 18.3 Å². The number of piperidine rings is 2. The second kappa shape index (κ2) is 6.42. The van der Waals surface area contributed by atoms with E-state index < -0.39 is 0 Å². The summed E-state index contributed by atoms with van der Waals surface area (Å²) in [5.41, 5.74) is 0. The van der Waals surface area contributed by atoms with E-state index >= 15 is 0 Å². The molecule has 0 aromatic heterocycles. The Balaban J connectivity index is 0.00000133. The second-order valence-corrected chi connectivity index (χ2v) is 6.17. The molecule has 4 nitrogen and oxygen atoms in total. The Morgan fingerprint density at radius 1 is 1.16 bits per heavy atom. The first-order valence-corrected chi connectivity index (χ1v) is 7.48. The van der Waals surface area contributed by atoms with E-state index in [1.165, 1.54) is 25.8 Å². The molecule has 1 N–H and O–H groups in total. The zero-order valence-electron chi connectivity index (χ0n) is 11.8. The van der Waals surface area contributed by atoms with Crippen molar-refractivity contribution in [2.45, 2.75) is 44.2 Å². The number of hydrogen-bond donors (Lipinski definition) is 1. The van der Waals surface area contributed by atoms with Gasteiger partial charge in [0.15, 0.2) is 0 Å². The fourth-order valence-corrected chi connectivity index (χ4v) is 3.97. The van der Waals surface area contributed by atoms with Crippen molar-refractivity contribution in [3.63, 3.8) is 0 Å². The lowest BCUT2D eigenvalue weighted by Crippen LogP contribution is -2.56. The molecule has 3 fully saturated rings. The molecule has 0 spiro atoms. The monoisotopic (exact) mass is 287 g/mol. The van der Waals surface area contributed by atoms with Gasteiger partial charge in [-0.1, -0.05) is 0 Å². The first-order chi connectivity index (χ1) is 8.75. The van der Waals surface area contributed by atoms with Crippen LogP contribution in [0.2, 0.25) is 0 Å². The third kappa shape index (κ3) is 3.06. The second-order valence-electron chi connectivity index (χ2n) is 6.17. The van der Waals surface area contributed by atoms with Gasteiger partial charge in [-0.2, -0.15) is 0 Å². The van der Waals surface area contributed by atoms with Gasteiger partial charge in [0.1, 0.15) is 0 Å². The van der Waals surface area contributed by atoms with Crippen LogP contribution in [0.5, 0.6) is 0 Å². The van der Waals surface area contributed by atoms with Crippen LogP contribution in [0.15, 0.2) is 0 Å². The van der Waals surface area contributed by atoms with Crippen molar-refractivity contribution in [3.05, 3.63) is 0 Å². The van der Waals surface area contributed by atoms with Crippen LogP contribution in [-0.4, -0.2) is 61.0 Å². The molecule has 3 aliphatic rings. The summed E-state index contributed by atoms with van der Waals surface area (Å²) >= 11 is 0. The summed E-state index contributed by atoms with van der Waals surface area (Å²) in [6, 6.07) is 0.835. The minimum absolute atomic E-state index is 0. The molecule has 3 saturated heterocycles. The molecule has 0 aromatic carbocycles. The highest BCUT2D eigenvalue weighted by molar-refractivity contribution is 5.85. The van der Waals surface area contributed by atoms with E-state index in [-0.39, 0.29) is 18.4 Å². The number of carbonyl (C=O) groups excluding carboxylic acids is 1. The van der Waals surface area contributed by atoms with E-state index in [9.17, 15) is 4.79 Å². The Bertz CT molecular complexity index is 320. The summed E-state index contributed by atoms with van der Waals surface area (Å²) in [6.45, 7) is 4.20. The molecule has 1 amide bonds. The van der Waals surface area contributed by atoms with E-state index in [2.05, 4.69) is 22.2 Å². The number of rotatable bonds is 1. The number of nitrogens with zero attached hydrogens (tertiary/aromatic N) is 2. The number of fused-ring (bicyclic) bond motifs is 1. The normalized spacial score (nSPS) is 35.6. The summed E-state index contributed by atoms with van der Waals surface area (Å²) in [5.74, 6) is 1.07. The first kappa shape index (κ1) is 15.1. The molecule has 110 valence electrons. The summed E-state index contributed by atoms with van der Waals surface area (Å²) in [5, 5.41) is 3.33. The smallest absolute Gasteiger partial charge is 0.239 e. The quantitative estimate of drug-likeness (QED) is 0.785. The number of likely N-dealkylation sites (tertiary alicyclic amines) is 2. The Morgan fingerprint density at radius 3 is 2.74 bits per heavy atom. The van der Waals surface area contributed by atoms with Crippen molar-refractivity contribution in [1.29, 1.82) is 0 Å². The molecule has 19 heavy (non-hydrogen) atoms. The molecule has 0 aliphatic carbocycles. The van der Waals surface area contributed by atoms with Crippen LogP contribution >= 0.6 is 12.4 Å². The van der Waals surface area contributed by atoms with Crippen LogP contribution in [0.4, 0.5) is 0 Å². The third-order valence-corrected chi connectivity index (χ3v) is 5.02. The van der Waals surface area contributed by atoms with E-state index in [0.717, 1.165) is 38.5 Å². The van der Waals surface area contributed by atoms with E-state index in [4.69, 9.17) is 0 Å². The van der Waals surface area contributed by atoms with Crippen molar-refractivity contribution in [2.24, 2.45) is 5.92 Å². The standard InChI is InChI=1S/C14H25N3O.ClH/c1-16-8-3-4-11-10-17(9-6-13(11)16)14(18)12-5-2-7-15-12;/h11-13,15H,2-10H2,1H3;1H. The zero-order chi connectivity index (χ0) is 12.5. The zero-order valence-corrected chi connectivity index (χ0v) is 12.6. The highest BCUT2D eigenvalue weighted by Crippen LogP contribution is 2.30. The molecule has 0 saturated carbocycles. The summed E-state index contributed by atoms with van der Waals surface area (Å²) in [4.78, 5) is 17.0. The van der Waals surface area contributed by atoms with Gasteiger partial charge < -0.3 is 15.1 Å². The maximum absolute atomic E-state index is 12.4. The largest absolute Gasteiger partial charge is 0.341 e. The van der Waals surface area contributed by atoms with Gasteiger partial charge in [-0.05, 0) is 58.2 Å². The van der Waals surface area contributed by atoms with E-state index in [0.29, 0.717) is 11.8 Å². The topological polar surface area (TPSA) is 35.6 Å². The van der Waals surface area contributed by atoms with Gasteiger partial charge in [-0.3, -0.25) is 4.79 Å². The maximum Gasteiger partial charge on any atom is 0.239 e. The van der Waals surface area contributed by atoms with Gasteiger partial charge in [0.05, 0.1) is 6.04 Å². The Morgan fingerprint density at radius 2 is 2.00 bits per heavy atom. The lowest BCUT2D eigenvalue weighted by molar-refractivity contribution is -0.136. The van der Waals surface area contributed by atoms with Gasteiger partial charge in [-0.15, -0.1) is 12.4 Å². The van der Waals surface area contributed by atoms with Gasteiger partial charge in [0.2, 0.25) is 5.91 Å². The fraction of sp³-hybridized carbons (Fsp3) is 0.929. The van der Waals surface area contributed by atoms with E-state index in [1.54, 1.807) is 0 Å². The molecule has 0 bridgehead atoms. The van der Waals surface area contributed by atoms with Crippen LogP contribution in [0.25, 0.3) is 0 Å². The van der Waals surface area contributed by atoms with Crippen LogP contribution < -0.4 is 5.32 Å². The molecular weight excluding hydrogens is 262 g/mol. The van der Waals surface area contributed by atoms with Crippen LogP contribution in [0.3, 0.4) is 0 Å². The van der Waals surface area contributed by atoms with Gasteiger partial charge in [0, 0.05) is 19.1 Å². The minimum Gasteiger partial charge on any atom is -0.341 e. The third-order valence-electron chi connectivity index (χ3n) is 5.02. The lowest BCUT2D eigenvalue weighted by atomic mass is 9.84. The fourth-order valence-electron chi connectivity index (χ4n) is 3.97. The Kier molecular flexibility index (Phi) is 5.09. The minimum atomic E-state index is 0. The number of amides is 1. The summed E-state index contributed by atoms with van der Waals surface area (Å²) in [7, 11) is 2.24. The van der Waals surface area contributed by atoms with Crippen LogP contribution in [0, 0.1) is 5.92 Å². The number of nitrogens with one attached hydrogen (secondary N) is 1. The SMILES string of the molecule is CN1CCCC2CN(C(=O)C3CCCN3)CCC21.Cl. The van der Waals surface area contributed by atoms with Crippen LogP contribution in [-0.2, 0) is 4.79 Å². The average Bonchev–Trinajstić information content (AvgIpc) is 2.91. The Hall–Kier alpha value is -0.320. The molecule has 0 aromatic rings. The molecule has 3 atom stereocenters. The molecule has 0 radical (unpaired) electrons. The molecule has 3 unspecified atom stereocenters. The number of halogens is 1. The van der Waals surface area contributed by atoms with E-state index in [1.807, 2.05) is 0 Å². The predicted molar refractivity (Wildman–Crippen MR) is 78.6 cm³/mol. The van der Waals surface area contributed by atoms with Gasteiger partial charge in [-0.25, -0.2) is 0 Å². The predicted octanol–water partition coefficient (Wildman–Crippen LogP) is 1.10. The van der Waals surface area contributed by atoms with Crippen molar-refractivity contribution < 1.29 is 4.79 Å². The van der Waals surface area contributed by atoms with Crippen molar-refractivity contribution in [1.82, 2.24) is 15.1 Å². The number of carbonyl (C=O) groups is 1. The molecule has 3 aliphatic heterocycles. The first-order valence-electron chi connectivity index (χ1n) is 7.48. The maximum atomic E-state index is 12.4. The average molecular weight is 288 g/mol. The lowest BCUT2D eigenvalue weighted by Gasteiger charge is -2.46. The molecule has 5 heteroatoms.